The van der Waals surface area contributed by atoms with Crippen LogP contribution in [0.3, 0.4) is 0 Å². The number of unbranched alkanes of at least 4 members (excludes halogenated alkanes) is 1. The van der Waals surface area contributed by atoms with Crippen LogP contribution >= 0.6 is 0 Å². The number of amides is 3. The number of carbonyl (C=O) groups excluding carboxylic acids is 3. The first-order chi connectivity index (χ1) is 13.8. The van der Waals surface area contributed by atoms with E-state index in [0.717, 1.165) is 19.3 Å². The fraction of sp³-hybridized carbons (Fsp3) is 0.714. The molecular weight excluding hydrogens is 370 g/mol. The Balaban J connectivity index is 2.28. The molecule has 0 unspecified atom stereocenters. The van der Waals surface area contributed by atoms with Crippen molar-refractivity contribution < 1.29 is 14.4 Å². The maximum Gasteiger partial charge on any atom is 0.273 e. The molecule has 0 fully saturated rings. The van der Waals surface area contributed by atoms with Crippen molar-refractivity contribution in [3.8, 4) is 0 Å². The van der Waals surface area contributed by atoms with Crippen LogP contribution < -0.4 is 10.6 Å². The van der Waals surface area contributed by atoms with E-state index in [2.05, 4.69) is 29.5 Å². The average Bonchev–Trinajstić information content (AvgIpc) is 3.08. The van der Waals surface area contributed by atoms with E-state index >= 15 is 0 Å². The van der Waals surface area contributed by atoms with Crippen LogP contribution in [0.4, 0.5) is 0 Å². The number of imidazole rings is 1. The SMILES string of the molecule is CCCCNC(=O)c1ncn2c1C(=O)N(CCC)[C@](C)(C(=O)NCCC(C)C)C2. The number of rotatable bonds is 10. The van der Waals surface area contributed by atoms with Crippen molar-refractivity contribution in [3.63, 3.8) is 0 Å². The molecule has 0 radical (unpaired) electrons. The fourth-order valence-electron chi connectivity index (χ4n) is 3.56. The number of hydrogen-bond acceptors (Lipinski definition) is 4. The minimum Gasteiger partial charge on any atom is -0.354 e. The van der Waals surface area contributed by atoms with E-state index in [1.54, 1.807) is 16.4 Å². The molecule has 3 amide bonds. The van der Waals surface area contributed by atoms with Gasteiger partial charge in [-0.3, -0.25) is 14.4 Å². The van der Waals surface area contributed by atoms with E-state index in [1.165, 1.54) is 6.33 Å². The molecule has 29 heavy (non-hydrogen) atoms. The molecule has 0 saturated carbocycles. The van der Waals surface area contributed by atoms with Crippen molar-refractivity contribution in [2.24, 2.45) is 5.92 Å². The molecule has 2 rings (SSSR count). The summed E-state index contributed by atoms with van der Waals surface area (Å²) in [6.45, 7) is 11.8. The third kappa shape index (κ3) is 4.97. The van der Waals surface area contributed by atoms with E-state index in [1.807, 2.05) is 13.8 Å². The van der Waals surface area contributed by atoms with Crippen LogP contribution in [0.25, 0.3) is 0 Å². The summed E-state index contributed by atoms with van der Waals surface area (Å²) in [5, 5.41) is 5.80. The minimum absolute atomic E-state index is 0.134. The maximum atomic E-state index is 13.3. The zero-order valence-corrected chi connectivity index (χ0v) is 18.4. The summed E-state index contributed by atoms with van der Waals surface area (Å²) < 4.78 is 1.64. The highest BCUT2D eigenvalue weighted by molar-refractivity contribution is 6.07. The van der Waals surface area contributed by atoms with Gasteiger partial charge in [0.15, 0.2) is 5.69 Å². The van der Waals surface area contributed by atoms with E-state index in [-0.39, 0.29) is 35.7 Å². The Bertz CT molecular complexity index is 743. The molecule has 8 nitrogen and oxygen atoms in total. The van der Waals surface area contributed by atoms with Gasteiger partial charge in [-0.2, -0.15) is 0 Å². The quantitative estimate of drug-likeness (QED) is 0.583. The molecule has 2 N–H and O–H groups in total. The number of aromatic nitrogens is 2. The molecule has 0 aromatic carbocycles. The third-order valence-electron chi connectivity index (χ3n) is 5.33. The van der Waals surface area contributed by atoms with E-state index < -0.39 is 5.54 Å². The highest BCUT2D eigenvalue weighted by Crippen LogP contribution is 2.29. The second-order valence-electron chi connectivity index (χ2n) is 8.35. The van der Waals surface area contributed by atoms with Crippen LogP contribution in [0.5, 0.6) is 0 Å². The topological polar surface area (TPSA) is 96.3 Å². The molecule has 0 bridgehead atoms. The second kappa shape index (κ2) is 9.89. The summed E-state index contributed by atoms with van der Waals surface area (Å²) in [5.41, 5.74) is -0.623. The van der Waals surface area contributed by atoms with Crippen LogP contribution in [0.2, 0.25) is 0 Å². The van der Waals surface area contributed by atoms with Gasteiger partial charge in [0.2, 0.25) is 5.91 Å². The van der Waals surface area contributed by atoms with Gasteiger partial charge in [-0.15, -0.1) is 0 Å². The average molecular weight is 406 g/mol. The lowest BCUT2D eigenvalue weighted by molar-refractivity contribution is -0.132. The van der Waals surface area contributed by atoms with E-state index in [4.69, 9.17) is 0 Å². The predicted molar refractivity (Wildman–Crippen MR) is 112 cm³/mol. The highest BCUT2D eigenvalue weighted by atomic mass is 16.2. The van der Waals surface area contributed by atoms with Crippen LogP contribution in [0.15, 0.2) is 6.33 Å². The third-order valence-corrected chi connectivity index (χ3v) is 5.33. The molecule has 162 valence electrons. The van der Waals surface area contributed by atoms with Gasteiger partial charge in [-0.1, -0.05) is 34.1 Å². The first-order valence-electron chi connectivity index (χ1n) is 10.7. The molecule has 1 atom stereocenters. The first kappa shape index (κ1) is 22.9. The van der Waals surface area contributed by atoms with Crippen LogP contribution in [0.1, 0.15) is 81.3 Å². The Morgan fingerprint density at radius 2 is 1.93 bits per heavy atom. The lowest BCUT2D eigenvalue weighted by Crippen LogP contribution is -2.64. The second-order valence-corrected chi connectivity index (χ2v) is 8.35. The molecule has 2 heterocycles. The molecule has 0 spiro atoms. The normalized spacial score (nSPS) is 18.7. The van der Waals surface area contributed by atoms with Gasteiger partial charge in [0, 0.05) is 19.6 Å². The van der Waals surface area contributed by atoms with Crippen molar-refractivity contribution in [3.05, 3.63) is 17.7 Å². The fourth-order valence-corrected chi connectivity index (χ4v) is 3.56. The van der Waals surface area contributed by atoms with Gasteiger partial charge < -0.3 is 20.1 Å². The van der Waals surface area contributed by atoms with Gasteiger partial charge in [-0.05, 0) is 32.1 Å². The monoisotopic (exact) mass is 405 g/mol. The summed E-state index contributed by atoms with van der Waals surface area (Å²) in [4.78, 5) is 44.7. The smallest absolute Gasteiger partial charge is 0.273 e. The van der Waals surface area contributed by atoms with Crippen LogP contribution in [-0.4, -0.2) is 57.3 Å². The summed E-state index contributed by atoms with van der Waals surface area (Å²) in [5.74, 6) is -0.357. The van der Waals surface area contributed by atoms with Crippen molar-refractivity contribution >= 4 is 17.7 Å². The van der Waals surface area contributed by atoms with E-state index in [0.29, 0.717) is 32.0 Å². The van der Waals surface area contributed by atoms with Gasteiger partial charge >= 0.3 is 0 Å². The van der Waals surface area contributed by atoms with Gasteiger partial charge in [0.25, 0.3) is 11.8 Å². The summed E-state index contributed by atoms with van der Waals surface area (Å²) >= 11 is 0. The summed E-state index contributed by atoms with van der Waals surface area (Å²) in [6.07, 6.45) is 4.92. The summed E-state index contributed by atoms with van der Waals surface area (Å²) in [6, 6.07) is 0. The van der Waals surface area contributed by atoms with Crippen molar-refractivity contribution in [2.75, 3.05) is 19.6 Å². The molecular formula is C21H35N5O3. The lowest BCUT2D eigenvalue weighted by atomic mass is 9.93. The van der Waals surface area contributed by atoms with Gasteiger partial charge in [0.05, 0.1) is 12.9 Å². The Labute approximate surface area is 173 Å². The maximum absolute atomic E-state index is 13.3. The number of nitrogens with one attached hydrogen (secondary N) is 2. The minimum atomic E-state index is -1.02. The van der Waals surface area contributed by atoms with E-state index in [9.17, 15) is 14.4 Å². The molecule has 1 aromatic rings. The first-order valence-corrected chi connectivity index (χ1v) is 10.7. The number of carbonyl (C=O) groups is 3. The Morgan fingerprint density at radius 3 is 2.55 bits per heavy atom. The van der Waals surface area contributed by atoms with Crippen molar-refractivity contribution in [1.29, 1.82) is 0 Å². The van der Waals surface area contributed by atoms with Crippen LogP contribution in [-0.2, 0) is 11.3 Å². The van der Waals surface area contributed by atoms with Crippen molar-refractivity contribution in [2.45, 2.75) is 72.4 Å². The Hall–Kier alpha value is -2.38. The standard InChI is InChI=1S/C21H35N5O3/c1-6-8-10-22-18(27)16-17-19(28)26(12-7-2)21(5,13-25(17)14-24-16)20(29)23-11-9-15(3)4/h14-15H,6-13H2,1-5H3,(H,22,27)(H,23,29)/t21-/m0/s1. The Morgan fingerprint density at radius 1 is 1.21 bits per heavy atom. The molecule has 0 aliphatic carbocycles. The molecule has 1 aliphatic rings. The summed E-state index contributed by atoms with van der Waals surface area (Å²) in [7, 11) is 0. The zero-order valence-electron chi connectivity index (χ0n) is 18.4. The number of fused-ring (bicyclic) bond motifs is 1. The van der Waals surface area contributed by atoms with Gasteiger partial charge in [-0.25, -0.2) is 4.98 Å². The molecule has 8 heteroatoms. The van der Waals surface area contributed by atoms with Crippen LogP contribution in [0, 0.1) is 5.92 Å². The molecule has 1 aliphatic heterocycles. The number of hydrogen-bond donors (Lipinski definition) is 2. The Kier molecular flexibility index (Phi) is 7.81. The molecule has 1 aromatic heterocycles. The number of nitrogens with zero attached hydrogens (tertiary/aromatic N) is 3. The van der Waals surface area contributed by atoms with Gasteiger partial charge in [0.1, 0.15) is 11.2 Å². The lowest BCUT2D eigenvalue weighted by Gasteiger charge is -2.43. The predicted octanol–water partition coefficient (Wildman–Crippen LogP) is 2.20. The van der Waals surface area contributed by atoms with Crippen molar-refractivity contribution in [1.82, 2.24) is 25.1 Å². The zero-order chi connectivity index (χ0) is 21.6. The highest BCUT2D eigenvalue weighted by Gasteiger charge is 2.48. The molecule has 0 saturated heterocycles. The largest absolute Gasteiger partial charge is 0.354 e.